The fraction of sp³-hybridized carbons (Fsp3) is 0.238. The summed E-state index contributed by atoms with van der Waals surface area (Å²) in [5, 5.41) is 8.32. The molecule has 0 aliphatic rings. The first-order valence-electron chi connectivity index (χ1n) is 9.41. The lowest BCUT2D eigenvalue weighted by Crippen LogP contribution is -2.19. The largest absolute Gasteiger partial charge is 0.497 e. The molecule has 0 atom stereocenters. The maximum absolute atomic E-state index is 13.2. The number of aliphatic imine (C=N–C) groups is 1. The molecule has 0 saturated heterocycles. The third-order valence-electron chi connectivity index (χ3n) is 4.62. The number of nitrogens with one attached hydrogen (secondary N) is 1. The standard InChI is InChI=1S/C21H24N4O4S/c1-4-5-19-20(14(2)23-15-6-12-18(13-7-15)30(22,27)28)21(26)25(24-19)16-8-10-17(29-3)11-9-16/h6-13,24H,4-5H2,1-3H3,(H2,22,27,28). The van der Waals surface area contributed by atoms with Crippen molar-refractivity contribution in [1.29, 1.82) is 0 Å². The van der Waals surface area contributed by atoms with Crippen LogP contribution in [0.1, 0.15) is 31.5 Å². The van der Waals surface area contributed by atoms with E-state index in [1.54, 1.807) is 50.4 Å². The Labute approximate surface area is 175 Å². The average Bonchev–Trinajstić information content (AvgIpc) is 3.04. The highest BCUT2D eigenvalue weighted by Gasteiger charge is 2.17. The minimum atomic E-state index is -3.77. The van der Waals surface area contributed by atoms with Crippen LogP contribution in [0.5, 0.6) is 5.75 Å². The van der Waals surface area contributed by atoms with Gasteiger partial charge in [-0.2, -0.15) is 0 Å². The smallest absolute Gasteiger partial charge is 0.280 e. The summed E-state index contributed by atoms with van der Waals surface area (Å²) in [4.78, 5) is 17.7. The van der Waals surface area contributed by atoms with Crippen molar-refractivity contribution < 1.29 is 13.2 Å². The topological polar surface area (TPSA) is 120 Å². The molecule has 1 heterocycles. The van der Waals surface area contributed by atoms with Crippen LogP contribution in [-0.4, -0.2) is 31.0 Å². The summed E-state index contributed by atoms with van der Waals surface area (Å²) >= 11 is 0. The number of rotatable bonds is 7. The molecule has 3 N–H and O–H groups in total. The molecule has 0 amide bonds. The highest BCUT2D eigenvalue weighted by atomic mass is 32.2. The molecule has 2 aromatic carbocycles. The van der Waals surface area contributed by atoms with Crippen LogP contribution < -0.4 is 15.4 Å². The van der Waals surface area contributed by atoms with Crippen LogP contribution in [0.3, 0.4) is 0 Å². The quantitative estimate of drug-likeness (QED) is 0.562. The highest BCUT2D eigenvalue weighted by Crippen LogP contribution is 2.19. The molecule has 3 rings (SSSR count). The van der Waals surface area contributed by atoms with Gasteiger partial charge in [0.2, 0.25) is 10.0 Å². The molecule has 30 heavy (non-hydrogen) atoms. The summed E-state index contributed by atoms with van der Waals surface area (Å²) in [5.41, 5.74) is 2.85. The molecule has 0 spiro atoms. The second kappa shape index (κ2) is 8.68. The van der Waals surface area contributed by atoms with Crippen molar-refractivity contribution in [3.05, 3.63) is 70.1 Å². The zero-order valence-electron chi connectivity index (χ0n) is 17.0. The van der Waals surface area contributed by atoms with E-state index in [0.717, 1.165) is 12.1 Å². The number of ether oxygens (including phenoxy) is 1. The number of hydrogen-bond donors (Lipinski definition) is 2. The number of benzene rings is 2. The van der Waals surface area contributed by atoms with Crippen LogP contribution >= 0.6 is 0 Å². The van der Waals surface area contributed by atoms with Gasteiger partial charge in [-0.05, 0) is 61.9 Å². The molecular weight excluding hydrogens is 404 g/mol. The van der Waals surface area contributed by atoms with E-state index in [1.165, 1.54) is 16.8 Å². The van der Waals surface area contributed by atoms with Crippen molar-refractivity contribution in [2.45, 2.75) is 31.6 Å². The van der Waals surface area contributed by atoms with Crippen molar-refractivity contribution >= 4 is 21.4 Å². The molecule has 0 saturated carbocycles. The number of aromatic amines is 1. The second-order valence-electron chi connectivity index (χ2n) is 6.79. The number of aryl methyl sites for hydroxylation is 1. The van der Waals surface area contributed by atoms with E-state index < -0.39 is 10.0 Å². The molecular formula is C21H24N4O4S. The summed E-state index contributed by atoms with van der Waals surface area (Å²) in [6, 6.07) is 13.1. The first-order chi connectivity index (χ1) is 14.2. The Kier molecular flexibility index (Phi) is 6.23. The van der Waals surface area contributed by atoms with Gasteiger partial charge in [0.25, 0.3) is 5.56 Å². The molecule has 0 unspecified atom stereocenters. The molecule has 8 nitrogen and oxygen atoms in total. The summed E-state index contributed by atoms with van der Waals surface area (Å²) in [6.07, 6.45) is 1.54. The van der Waals surface area contributed by atoms with Crippen LogP contribution in [-0.2, 0) is 16.4 Å². The van der Waals surface area contributed by atoms with Crippen LogP contribution in [0, 0.1) is 0 Å². The predicted octanol–water partition coefficient (Wildman–Crippen LogP) is 2.91. The first-order valence-corrected chi connectivity index (χ1v) is 11.0. The van der Waals surface area contributed by atoms with E-state index in [0.29, 0.717) is 34.8 Å². The first kappa shape index (κ1) is 21.5. The fourth-order valence-electron chi connectivity index (χ4n) is 3.16. The third-order valence-corrected chi connectivity index (χ3v) is 5.55. The van der Waals surface area contributed by atoms with E-state index in [2.05, 4.69) is 10.1 Å². The lowest BCUT2D eigenvalue weighted by atomic mass is 10.1. The van der Waals surface area contributed by atoms with Gasteiger partial charge in [-0.1, -0.05) is 13.3 Å². The lowest BCUT2D eigenvalue weighted by Gasteiger charge is -2.03. The van der Waals surface area contributed by atoms with Crippen LogP contribution in [0.4, 0.5) is 5.69 Å². The number of H-pyrrole nitrogens is 1. The molecule has 0 radical (unpaired) electrons. The van der Waals surface area contributed by atoms with Gasteiger partial charge in [0.1, 0.15) is 5.75 Å². The molecule has 0 bridgehead atoms. The Bertz CT molecular complexity index is 1220. The molecule has 158 valence electrons. The van der Waals surface area contributed by atoms with Gasteiger partial charge in [-0.3, -0.25) is 14.9 Å². The summed E-state index contributed by atoms with van der Waals surface area (Å²) in [7, 11) is -2.18. The Morgan fingerprint density at radius 1 is 1.13 bits per heavy atom. The van der Waals surface area contributed by atoms with E-state index in [-0.39, 0.29) is 10.5 Å². The fourth-order valence-corrected chi connectivity index (χ4v) is 3.67. The number of methoxy groups -OCH3 is 1. The number of primary sulfonamides is 1. The summed E-state index contributed by atoms with van der Waals surface area (Å²) < 4.78 is 29.5. The van der Waals surface area contributed by atoms with Gasteiger partial charge >= 0.3 is 0 Å². The van der Waals surface area contributed by atoms with Crippen molar-refractivity contribution in [3.63, 3.8) is 0 Å². The molecule has 1 aromatic heterocycles. The Balaban J connectivity index is 2.04. The van der Waals surface area contributed by atoms with Gasteiger partial charge in [0, 0.05) is 5.69 Å². The minimum absolute atomic E-state index is 0.00859. The van der Waals surface area contributed by atoms with Crippen molar-refractivity contribution in [2.75, 3.05) is 7.11 Å². The van der Waals surface area contributed by atoms with E-state index in [4.69, 9.17) is 9.88 Å². The number of hydrogen-bond acceptors (Lipinski definition) is 5. The predicted molar refractivity (Wildman–Crippen MR) is 117 cm³/mol. The molecule has 0 fully saturated rings. The van der Waals surface area contributed by atoms with Crippen LogP contribution in [0.2, 0.25) is 0 Å². The average molecular weight is 429 g/mol. The van der Waals surface area contributed by atoms with Crippen molar-refractivity contribution in [1.82, 2.24) is 9.78 Å². The zero-order chi connectivity index (χ0) is 21.9. The number of sulfonamides is 1. The Morgan fingerprint density at radius 2 is 1.77 bits per heavy atom. The van der Waals surface area contributed by atoms with Crippen LogP contribution in [0.25, 0.3) is 5.69 Å². The lowest BCUT2D eigenvalue weighted by molar-refractivity contribution is 0.414. The highest BCUT2D eigenvalue weighted by molar-refractivity contribution is 7.89. The van der Waals surface area contributed by atoms with Crippen molar-refractivity contribution in [2.24, 2.45) is 10.1 Å². The molecule has 3 aromatic rings. The van der Waals surface area contributed by atoms with Gasteiger partial charge in [-0.25, -0.2) is 18.2 Å². The minimum Gasteiger partial charge on any atom is -0.497 e. The normalized spacial score (nSPS) is 12.2. The number of nitrogens with two attached hydrogens (primary N) is 1. The van der Waals surface area contributed by atoms with Crippen LogP contribution in [0.15, 0.2) is 63.2 Å². The van der Waals surface area contributed by atoms with Gasteiger partial charge in [0.15, 0.2) is 0 Å². The third kappa shape index (κ3) is 4.52. The van der Waals surface area contributed by atoms with E-state index in [9.17, 15) is 13.2 Å². The molecule has 0 aliphatic carbocycles. The number of aromatic nitrogens is 2. The SMILES string of the molecule is CCCc1[nH]n(-c2ccc(OC)cc2)c(=O)c1C(C)=Nc1ccc(S(N)(=O)=O)cc1. The van der Waals surface area contributed by atoms with Gasteiger partial charge in [-0.15, -0.1) is 0 Å². The Morgan fingerprint density at radius 3 is 2.30 bits per heavy atom. The zero-order valence-corrected chi connectivity index (χ0v) is 17.9. The monoisotopic (exact) mass is 428 g/mol. The summed E-state index contributed by atoms with van der Waals surface area (Å²) in [6.45, 7) is 3.79. The van der Waals surface area contributed by atoms with Gasteiger partial charge in [0.05, 0.1) is 34.7 Å². The second-order valence-corrected chi connectivity index (χ2v) is 8.35. The maximum Gasteiger partial charge on any atom is 0.280 e. The summed E-state index contributed by atoms with van der Waals surface area (Å²) in [5.74, 6) is 0.702. The maximum atomic E-state index is 13.2. The molecule has 9 heteroatoms. The molecule has 0 aliphatic heterocycles. The Hall–Kier alpha value is -3.17. The van der Waals surface area contributed by atoms with E-state index >= 15 is 0 Å². The number of nitrogens with zero attached hydrogens (tertiary/aromatic N) is 2. The van der Waals surface area contributed by atoms with E-state index in [1.807, 2.05) is 6.92 Å². The van der Waals surface area contributed by atoms with Gasteiger partial charge < -0.3 is 4.74 Å². The van der Waals surface area contributed by atoms with Crippen molar-refractivity contribution in [3.8, 4) is 11.4 Å².